The van der Waals surface area contributed by atoms with Gasteiger partial charge in [0, 0.05) is 0 Å². The molecule has 0 saturated carbocycles. The number of hydrogen-bond acceptors (Lipinski definition) is 2. The molecule has 0 spiro atoms. The van der Waals surface area contributed by atoms with Gasteiger partial charge in [0.1, 0.15) is 5.41 Å². The van der Waals surface area contributed by atoms with E-state index in [9.17, 15) is 9.59 Å². The molecule has 2 amide bonds. The fourth-order valence-electron chi connectivity index (χ4n) is 3.09. The minimum atomic E-state index is -1.01. The van der Waals surface area contributed by atoms with Crippen molar-refractivity contribution in [1.29, 1.82) is 0 Å². The van der Waals surface area contributed by atoms with Crippen molar-refractivity contribution in [2.75, 3.05) is 10.0 Å². The van der Waals surface area contributed by atoms with Gasteiger partial charge in [-0.1, -0.05) is 56.2 Å². The van der Waals surface area contributed by atoms with E-state index in [0.717, 1.165) is 12.8 Å². The maximum absolute atomic E-state index is 13.2. The minimum absolute atomic E-state index is 0.156. The lowest BCUT2D eigenvalue weighted by Gasteiger charge is -2.27. The molecule has 1 heterocycles. The van der Waals surface area contributed by atoms with Gasteiger partial charge in [0.15, 0.2) is 0 Å². The molecule has 2 aromatic carbocycles. The van der Waals surface area contributed by atoms with Crippen molar-refractivity contribution in [3.8, 4) is 0 Å². The van der Waals surface area contributed by atoms with Gasteiger partial charge in [-0.2, -0.15) is 0 Å². The van der Waals surface area contributed by atoms with Gasteiger partial charge in [0.2, 0.25) is 0 Å². The van der Waals surface area contributed by atoms with Gasteiger partial charge in [-0.15, -0.1) is 0 Å². The largest absolute Gasteiger partial charge is 0.271 e. The SMILES string of the molecule is CCCCC1(C)C(=O)N(c2ccccc2)N(c2ccccc2)C1=O. The van der Waals surface area contributed by atoms with Crippen molar-refractivity contribution in [3.05, 3.63) is 60.7 Å². The number of anilines is 2. The summed E-state index contributed by atoms with van der Waals surface area (Å²) in [4.78, 5) is 26.4. The third-order valence-corrected chi connectivity index (χ3v) is 4.56. The second-order valence-corrected chi connectivity index (χ2v) is 6.34. The quantitative estimate of drug-likeness (QED) is 0.775. The number of benzene rings is 2. The lowest BCUT2D eigenvalue weighted by atomic mass is 9.84. The van der Waals surface area contributed by atoms with E-state index in [-0.39, 0.29) is 11.8 Å². The first-order valence-corrected chi connectivity index (χ1v) is 8.38. The molecule has 1 aliphatic heterocycles. The first-order chi connectivity index (χ1) is 11.6. The molecule has 0 aliphatic carbocycles. The summed E-state index contributed by atoms with van der Waals surface area (Å²) in [5.74, 6) is -0.313. The Kier molecular flexibility index (Phi) is 4.38. The number of unbranched alkanes of at least 4 members (excludes halogenated alkanes) is 1. The van der Waals surface area contributed by atoms with Crippen molar-refractivity contribution in [3.63, 3.8) is 0 Å². The fraction of sp³-hybridized carbons (Fsp3) is 0.300. The normalized spacial score (nSPS) is 16.8. The van der Waals surface area contributed by atoms with Crippen molar-refractivity contribution < 1.29 is 9.59 Å². The molecule has 1 saturated heterocycles. The zero-order chi connectivity index (χ0) is 17.2. The molecule has 24 heavy (non-hydrogen) atoms. The molecule has 0 radical (unpaired) electrons. The smallest absolute Gasteiger partial charge is 0.261 e. The van der Waals surface area contributed by atoms with Crippen LogP contribution >= 0.6 is 0 Å². The molecule has 4 heteroatoms. The molecular weight excluding hydrogens is 300 g/mol. The molecule has 1 fully saturated rings. The lowest BCUT2D eigenvalue weighted by Crippen LogP contribution is -2.41. The lowest BCUT2D eigenvalue weighted by molar-refractivity contribution is -0.134. The van der Waals surface area contributed by atoms with E-state index in [2.05, 4.69) is 6.92 Å². The third kappa shape index (κ3) is 2.58. The molecule has 0 bridgehead atoms. The number of carbonyl (C=O) groups is 2. The summed E-state index contributed by atoms with van der Waals surface area (Å²) in [5.41, 5.74) is 0.404. The summed E-state index contributed by atoms with van der Waals surface area (Å²) in [5, 5.41) is 3.04. The zero-order valence-electron chi connectivity index (χ0n) is 14.1. The van der Waals surface area contributed by atoms with E-state index >= 15 is 0 Å². The van der Waals surface area contributed by atoms with Gasteiger partial charge in [-0.25, -0.2) is 10.0 Å². The molecule has 1 aliphatic rings. The highest BCUT2D eigenvalue weighted by Gasteiger charge is 2.55. The van der Waals surface area contributed by atoms with Gasteiger partial charge in [0.25, 0.3) is 11.8 Å². The maximum Gasteiger partial charge on any atom is 0.261 e. The van der Waals surface area contributed by atoms with Crippen molar-refractivity contribution in [1.82, 2.24) is 0 Å². The Bertz CT molecular complexity index is 670. The van der Waals surface area contributed by atoms with Crippen LogP contribution in [0.25, 0.3) is 0 Å². The second-order valence-electron chi connectivity index (χ2n) is 6.34. The van der Waals surface area contributed by atoms with Gasteiger partial charge in [-0.3, -0.25) is 9.59 Å². The van der Waals surface area contributed by atoms with Crippen molar-refractivity contribution in [2.45, 2.75) is 33.1 Å². The molecule has 0 aromatic heterocycles. The summed E-state index contributed by atoms with van der Waals surface area (Å²) < 4.78 is 0. The van der Waals surface area contributed by atoms with Crippen LogP contribution in [0.5, 0.6) is 0 Å². The summed E-state index contributed by atoms with van der Waals surface area (Å²) >= 11 is 0. The Labute approximate surface area is 142 Å². The van der Waals surface area contributed by atoms with Crippen LogP contribution < -0.4 is 10.0 Å². The molecule has 0 unspecified atom stereocenters. The Morgan fingerprint density at radius 2 is 1.21 bits per heavy atom. The van der Waals surface area contributed by atoms with Gasteiger partial charge in [0.05, 0.1) is 11.4 Å². The summed E-state index contributed by atoms with van der Waals surface area (Å²) in [6, 6.07) is 18.7. The Hall–Kier alpha value is -2.62. The van der Waals surface area contributed by atoms with Crippen LogP contribution in [0.15, 0.2) is 60.7 Å². The summed E-state index contributed by atoms with van der Waals surface area (Å²) in [6.45, 7) is 3.84. The van der Waals surface area contributed by atoms with Crippen molar-refractivity contribution >= 4 is 23.2 Å². The minimum Gasteiger partial charge on any atom is -0.271 e. The molecule has 0 N–H and O–H groups in total. The molecule has 2 aromatic rings. The topological polar surface area (TPSA) is 40.6 Å². The van der Waals surface area contributed by atoms with Crippen molar-refractivity contribution in [2.24, 2.45) is 5.41 Å². The van der Waals surface area contributed by atoms with E-state index in [1.807, 2.05) is 60.7 Å². The Balaban J connectivity index is 2.09. The number of hydrazine groups is 1. The van der Waals surface area contributed by atoms with Crippen LogP contribution in [0.3, 0.4) is 0 Å². The zero-order valence-corrected chi connectivity index (χ0v) is 14.1. The monoisotopic (exact) mass is 322 g/mol. The summed E-state index contributed by atoms with van der Waals surface area (Å²) in [6.07, 6.45) is 2.36. The highest BCUT2D eigenvalue weighted by atomic mass is 16.2. The van der Waals surface area contributed by atoms with Gasteiger partial charge >= 0.3 is 0 Å². The second kappa shape index (κ2) is 6.48. The van der Waals surface area contributed by atoms with E-state index in [1.54, 1.807) is 6.92 Å². The highest BCUT2D eigenvalue weighted by molar-refractivity contribution is 6.25. The molecule has 4 nitrogen and oxygen atoms in total. The standard InChI is InChI=1S/C20H22N2O2/c1-3-4-15-20(2)18(23)21(16-11-7-5-8-12-16)22(19(20)24)17-13-9-6-10-14-17/h5-14H,3-4,15H2,1-2H3. The predicted molar refractivity (Wildman–Crippen MR) is 95.5 cm³/mol. The Morgan fingerprint density at radius 1 is 0.792 bits per heavy atom. The number of nitrogens with zero attached hydrogens (tertiary/aromatic N) is 2. The average Bonchev–Trinajstić information content (AvgIpc) is 2.83. The van der Waals surface area contributed by atoms with Crippen LogP contribution in [-0.2, 0) is 9.59 Å². The van der Waals surface area contributed by atoms with Crippen LogP contribution in [0.4, 0.5) is 11.4 Å². The highest BCUT2D eigenvalue weighted by Crippen LogP contribution is 2.41. The van der Waals surface area contributed by atoms with Crippen LogP contribution in [-0.4, -0.2) is 11.8 Å². The van der Waals surface area contributed by atoms with E-state index in [1.165, 1.54) is 10.0 Å². The van der Waals surface area contributed by atoms with Crippen LogP contribution in [0.1, 0.15) is 33.1 Å². The Morgan fingerprint density at radius 3 is 1.58 bits per heavy atom. The first-order valence-electron chi connectivity index (χ1n) is 8.38. The third-order valence-electron chi connectivity index (χ3n) is 4.56. The van der Waals surface area contributed by atoms with E-state index in [4.69, 9.17) is 0 Å². The van der Waals surface area contributed by atoms with Crippen LogP contribution in [0, 0.1) is 5.41 Å². The number of hydrogen-bond donors (Lipinski definition) is 0. The summed E-state index contributed by atoms with van der Waals surface area (Å²) in [7, 11) is 0. The maximum atomic E-state index is 13.2. The van der Waals surface area contributed by atoms with Gasteiger partial charge < -0.3 is 0 Å². The van der Waals surface area contributed by atoms with Gasteiger partial charge in [-0.05, 0) is 37.6 Å². The van der Waals surface area contributed by atoms with E-state index in [0.29, 0.717) is 17.8 Å². The first kappa shape index (κ1) is 16.2. The number of para-hydroxylation sites is 2. The van der Waals surface area contributed by atoms with Crippen LogP contribution in [0.2, 0.25) is 0 Å². The van der Waals surface area contributed by atoms with E-state index < -0.39 is 5.41 Å². The number of amides is 2. The fourth-order valence-corrected chi connectivity index (χ4v) is 3.09. The molecule has 3 rings (SSSR count). The molecule has 0 atom stereocenters. The number of carbonyl (C=O) groups excluding carboxylic acids is 2. The average molecular weight is 322 g/mol. The molecule has 124 valence electrons. The number of rotatable bonds is 5. The molecular formula is C20H22N2O2. The predicted octanol–water partition coefficient (Wildman–Crippen LogP) is 4.18.